The number of ether oxygens (including phenoxy) is 1. The van der Waals surface area contributed by atoms with Crippen LogP contribution in [0.25, 0.3) is 10.2 Å². The molecule has 3 aromatic rings. The first-order valence-corrected chi connectivity index (χ1v) is 13.7. The summed E-state index contributed by atoms with van der Waals surface area (Å²) in [5, 5.41) is 0.231. The largest absolute Gasteiger partial charge is 0.373 e. The minimum absolute atomic E-state index is 0.00513. The highest BCUT2D eigenvalue weighted by atomic mass is 32.2. The van der Waals surface area contributed by atoms with Gasteiger partial charge in [-0.3, -0.25) is 9.69 Å². The van der Waals surface area contributed by atoms with Gasteiger partial charge in [0.25, 0.3) is 5.91 Å². The molecule has 2 atom stereocenters. The molecule has 194 valence electrons. The number of hydrogen-bond acceptors (Lipinski definition) is 7. The number of anilines is 1. The van der Waals surface area contributed by atoms with Gasteiger partial charge in [-0.2, -0.15) is 4.31 Å². The summed E-state index contributed by atoms with van der Waals surface area (Å²) in [6, 6.07) is 7.67. The van der Waals surface area contributed by atoms with Gasteiger partial charge in [-0.05, 0) is 58.3 Å². The first kappa shape index (κ1) is 26.6. The van der Waals surface area contributed by atoms with Gasteiger partial charge in [0, 0.05) is 37.8 Å². The van der Waals surface area contributed by atoms with E-state index in [-0.39, 0.29) is 52.9 Å². The van der Waals surface area contributed by atoms with Gasteiger partial charge in [-0.25, -0.2) is 22.2 Å². The van der Waals surface area contributed by atoms with Crippen molar-refractivity contribution in [3.05, 3.63) is 53.6 Å². The van der Waals surface area contributed by atoms with Crippen LogP contribution in [0.2, 0.25) is 0 Å². The summed E-state index contributed by atoms with van der Waals surface area (Å²) in [6.45, 7) is 4.90. The third-order valence-electron chi connectivity index (χ3n) is 5.77. The molecular formula is C24H28F2N4O4S2. The molecule has 0 spiro atoms. The first-order chi connectivity index (χ1) is 17.0. The highest BCUT2D eigenvalue weighted by Gasteiger charge is 2.32. The third-order valence-corrected chi connectivity index (χ3v) is 8.65. The van der Waals surface area contributed by atoms with Crippen LogP contribution in [0.3, 0.4) is 0 Å². The number of halogens is 2. The molecule has 0 unspecified atom stereocenters. The molecular weight excluding hydrogens is 510 g/mol. The lowest BCUT2D eigenvalue weighted by Gasteiger charge is -2.34. The first-order valence-electron chi connectivity index (χ1n) is 11.4. The summed E-state index contributed by atoms with van der Waals surface area (Å²) in [5.74, 6) is -1.94. The molecule has 1 aliphatic rings. The van der Waals surface area contributed by atoms with Crippen molar-refractivity contribution >= 4 is 42.6 Å². The maximum atomic E-state index is 14.2. The average molecular weight is 539 g/mol. The number of carbonyl (C=O) groups excluding carboxylic acids is 1. The van der Waals surface area contributed by atoms with Crippen LogP contribution in [0.4, 0.5) is 13.9 Å². The Labute approximate surface area is 213 Å². The van der Waals surface area contributed by atoms with Crippen molar-refractivity contribution in [3.8, 4) is 0 Å². The second-order valence-corrected chi connectivity index (χ2v) is 12.0. The number of likely N-dealkylation sites (N-methyl/N-ethyl adjacent to an activating group) is 1. The zero-order valence-corrected chi connectivity index (χ0v) is 22.1. The van der Waals surface area contributed by atoms with Crippen molar-refractivity contribution in [2.24, 2.45) is 0 Å². The molecule has 0 saturated carbocycles. The van der Waals surface area contributed by atoms with Crippen molar-refractivity contribution in [2.45, 2.75) is 31.0 Å². The van der Waals surface area contributed by atoms with Crippen molar-refractivity contribution in [2.75, 3.05) is 45.2 Å². The molecule has 2 aromatic carbocycles. The number of benzene rings is 2. The number of nitrogens with zero attached hydrogens (tertiary/aromatic N) is 4. The lowest BCUT2D eigenvalue weighted by molar-refractivity contribution is -0.0440. The smallest absolute Gasteiger partial charge is 0.260 e. The topological polar surface area (TPSA) is 83.1 Å². The number of morpholine rings is 1. The van der Waals surface area contributed by atoms with Crippen LogP contribution in [-0.2, 0) is 14.8 Å². The minimum atomic E-state index is -3.76. The van der Waals surface area contributed by atoms with Gasteiger partial charge < -0.3 is 9.64 Å². The van der Waals surface area contributed by atoms with Crippen molar-refractivity contribution in [1.29, 1.82) is 0 Å². The lowest BCUT2D eigenvalue weighted by atomic mass is 10.2. The number of hydrogen-bond donors (Lipinski definition) is 0. The fourth-order valence-electron chi connectivity index (χ4n) is 4.05. The number of amides is 1. The van der Waals surface area contributed by atoms with E-state index < -0.39 is 27.6 Å². The van der Waals surface area contributed by atoms with Crippen LogP contribution in [0.1, 0.15) is 24.2 Å². The Morgan fingerprint density at radius 2 is 1.75 bits per heavy atom. The summed E-state index contributed by atoms with van der Waals surface area (Å²) in [7, 11) is -0.0556. The lowest BCUT2D eigenvalue weighted by Crippen LogP contribution is -2.48. The Bertz CT molecular complexity index is 1350. The summed E-state index contributed by atoms with van der Waals surface area (Å²) < 4.78 is 61.5. The Morgan fingerprint density at radius 3 is 2.36 bits per heavy atom. The molecule has 4 rings (SSSR count). The Balaban J connectivity index is 1.63. The molecule has 1 aromatic heterocycles. The SMILES string of the molecule is C[C@@H]1CN(S(=O)(=O)c2ccc(C(=O)N(CCN(C)C)c3nc4c(F)cc(F)cc4s3)cc2)C[C@H](C)O1. The van der Waals surface area contributed by atoms with E-state index in [9.17, 15) is 22.0 Å². The second kappa shape index (κ2) is 10.5. The standard InChI is InChI=1S/C24H28F2N4O4S2/c1-15-13-29(14-16(2)34-15)36(32,33)19-7-5-17(6-8-19)23(31)30(10-9-28(3)4)24-27-22-20(26)11-18(25)12-21(22)35-24/h5-8,11-12,15-16H,9-10,13-14H2,1-4H3/t15-,16+. The number of aromatic nitrogens is 1. The van der Waals surface area contributed by atoms with Gasteiger partial charge in [0.05, 0.1) is 21.8 Å². The van der Waals surface area contributed by atoms with Crippen molar-refractivity contribution in [3.63, 3.8) is 0 Å². The number of thiazole rings is 1. The minimum Gasteiger partial charge on any atom is -0.373 e. The van der Waals surface area contributed by atoms with E-state index in [1.165, 1.54) is 39.5 Å². The molecule has 1 aliphatic heterocycles. The Hall–Kier alpha value is -2.51. The molecule has 2 heterocycles. The molecule has 0 radical (unpaired) electrons. The van der Waals surface area contributed by atoms with Crippen LogP contribution in [0.15, 0.2) is 41.3 Å². The number of rotatable bonds is 7. The molecule has 0 aliphatic carbocycles. The van der Waals surface area contributed by atoms with Gasteiger partial charge in [0.1, 0.15) is 11.3 Å². The zero-order valence-electron chi connectivity index (χ0n) is 20.4. The predicted molar refractivity (Wildman–Crippen MR) is 135 cm³/mol. The highest BCUT2D eigenvalue weighted by molar-refractivity contribution is 7.89. The van der Waals surface area contributed by atoms with Crippen LogP contribution >= 0.6 is 11.3 Å². The van der Waals surface area contributed by atoms with E-state index in [1.807, 2.05) is 32.8 Å². The van der Waals surface area contributed by atoms with Crippen LogP contribution in [0, 0.1) is 11.6 Å². The van der Waals surface area contributed by atoms with E-state index in [0.29, 0.717) is 11.2 Å². The van der Waals surface area contributed by atoms with E-state index >= 15 is 0 Å². The summed E-state index contributed by atoms with van der Waals surface area (Å²) in [5.41, 5.74) is 0.247. The van der Waals surface area contributed by atoms with E-state index in [0.717, 1.165) is 17.4 Å². The number of carbonyl (C=O) groups is 1. The van der Waals surface area contributed by atoms with Gasteiger partial charge >= 0.3 is 0 Å². The van der Waals surface area contributed by atoms with E-state index in [4.69, 9.17) is 4.74 Å². The Kier molecular flexibility index (Phi) is 7.72. The van der Waals surface area contributed by atoms with E-state index in [1.54, 1.807) is 0 Å². The quantitative estimate of drug-likeness (QED) is 0.457. The maximum absolute atomic E-state index is 14.2. The molecule has 1 fully saturated rings. The van der Waals surface area contributed by atoms with Crippen LogP contribution in [-0.4, -0.2) is 81.0 Å². The Morgan fingerprint density at radius 1 is 1.11 bits per heavy atom. The summed E-state index contributed by atoms with van der Waals surface area (Å²) in [6.07, 6.45) is -0.441. The normalized spacial score (nSPS) is 19.2. The van der Waals surface area contributed by atoms with Gasteiger partial charge in [0.2, 0.25) is 10.0 Å². The fraction of sp³-hybridized carbons (Fsp3) is 0.417. The van der Waals surface area contributed by atoms with Crippen molar-refractivity contribution < 1.29 is 26.7 Å². The van der Waals surface area contributed by atoms with Gasteiger partial charge in [0.15, 0.2) is 10.9 Å². The summed E-state index contributed by atoms with van der Waals surface area (Å²) >= 11 is 1.02. The van der Waals surface area contributed by atoms with Crippen LogP contribution in [0.5, 0.6) is 0 Å². The molecule has 0 bridgehead atoms. The number of sulfonamides is 1. The third kappa shape index (κ3) is 5.57. The predicted octanol–water partition coefficient (Wildman–Crippen LogP) is 3.58. The number of fused-ring (bicyclic) bond motifs is 1. The van der Waals surface area contributed by atoms with Crippen LogP contribution < -0.4 is 4.90 Å². The van der Waals surface area contributed by atoms with Gasteiger partial charge in [-0.15, -0.1) is 0 Å². The fourth-order valence-corrected chi connectivity index (χ4v) is 6.67. The summed E-state index contributed by atoms with van der Waals surface area (Å²) in [4.78, 5) is 21.1. The maximum Gasteiger partial charge on any atom is 0.260 e. The molecule has 0 N–H and O–H groups in total. The van der Waals surface area contributed by atoms with Crippen molar-refractivity contribution in [1.82, 2.24) is 14.2 Å². The monoisotopic (exact) mass is 538 g/mol. The average Bonchev–Trinajstić information content (AvgIpc) is 3.22. The van der Waals surface area contributed by atoms with E-state index in [2.05, 4.69) is 4.98 Å². The molecule has 12 heteroatoms. The second-order valence-electron chi connectivity index (χ2n) is 9.09. The molecule has 36 heavy (non-hydrogen) atoms. The van der Waals surface area contributed by atoms with Gasteiger partial charge in [-0.1, -0.05) is 11.3 Å². The zero-order chi connectivity index (χ0) is 26.2. The highest BCUT2D eigenvalue weighted by Crippen LogP contribution is 2.32. The molecule has 8 nitrogen and oxygen atoms in total. The molecule has 1 amide bonds. The molecule has 1 saturated heterocycles.